The number of nitro groups is 1. The molecule has 0 unspecified atom stereocenters. The fraction of sp³-hybridized carbons (Fsp3) is 0.125. The molecule has 0 amide bonds. The number of nitro benzene ring substituents is 1. The van der Waals surface area contributed by atoms with Gasteiger partial charge in [-0.1, -0.05) is 65.9 Å². The number of hydrogen-bond acceptors (Lipinski definition) is 6. The van der Waals surface area contributed by atoms with Gasteiger partial charge in [-0.3, -0.25) is 19.5 Å². The lowest BCUT2D eigenvalue weighted by atomic mass is 9.83. The number of thiazole rings is 1. The fourth-order valence-electron chi connectivity index (χ4n) is 5.78. The van der Waals surface area contributed by atoms with Gasteiger partial charge in [-0.2, -0.15) is 13.2 Å². The standard InChI is InChI=1S/C32H20F3N3O4S/c33-32(34,35)25-11-4-3-10-23(25)26-15-13-21(42-26)17-27-30(39)37-29(19-7-5-8-20(16-19)38(40)41)24-14-12-18-6-1-2-9-22(18)28(24)36-31(37)43-27/h1-11,13,15-17,29H,12,14H2/b27-17-/t29-/m1/s1. The zero-order chi connectivity index (χ0) is 29.9. The molecule has 1 aliphatic carbocycles. The van der Waals surface area contributed by atoms with Crippen LogP contribution in [0.4, 0.5) is 18.9 Å². The van der Waals surface area contributed by atoms with Gasteiger partial charge in [0.1, 0.15) is 11.5 Å². The molecule has 0 spiro atoms. The summed E-state index contributed by atoms with van der Waals surface area (Å²) in [5, 5.41) is 11.6. The Balaban J connectivity index is 1.40. The average Bonchev–Trinajstić information content (AvgIpc) is 3.59. The Morgan fingerprint density at radius 2 is 1.74 bits per heavy atom. The van der Waals surface area contributed by atoms with E-state index in [4.69, 9.17) is 9.41 Å². The molecule has 2 aliphatic rings. The van der Waals surface area contributed by atoms with Crippen molar-refractivity contribution in [1.82, 2.24) is 4.57 Å². The second-order valence-electron chi connectivity index (χ2n) is 10.2. The smallest absolute Gasteiger partial charge is 0.417 e. The minimum Gasteiger partial charge on any atom is -0.457 e. The maximum absolute atomic E-state index is 13.9. The summed E-state index contributed by atoms with van der Waals surface area (Å²) in [5.41, 5.74) is 2.92. The maximum Gasteiger partial charge on any atom is 0.417 e. The van der Waals surface area contributed by atoms with Crippen LogP contribution in [-0.4, -0.2) is 9.49 Å². The van der Waals surface area contributed by atoms with E-state index in [1.54, 1.807) is 16.7 Å². The van der Waals surface area contributed by atoms with E-state index in [-0.39, 0.29) is 32.9 Å². The minimum absolute atomic E-state index is 0.0218. The second-order valence-corrected chi connectivity index (χ2v) is 11.2. The molecular formula is C32H20F3N3O4S. The Hall–Kier alpha value is -5.03. The summed E-state index contributed by atoms with van der Waals surface area (Å²) in [4.78, 5) is 30.4. The molecule has 2 aromatic heterocycles. The summed E-state index contributed by atoms with van der Waals surface area (Å²) < 4.78 is 48.4. The fourth-order valence-corrected chi connectivity index (χ4v) is 6.76. The van der Waals surface area contributed by atoms with Crippen molar-refractivity contribution in [2.45, 2.75) is 25.1 Å². The number of non-ortho nitro benzene ring substituents is 1. The van der Waals surface area contributed by atoms with Crippen LogP contribution >= 0.6 is 11.3 Å². The number of hydrogen-bond donors (Lipinski definition) is 0. The van der Waals surface area contributed by atoms with Crippen molar-refractivity contribution in [3.8, 4) is 11.3 Å². The zero-order valence-electron chi connectivity index (χ0n) is 22.2. The number of rotatable bonds is 4. The molecule has 5 aromatic rings. The number of aromatic nitrogens is 1. The molecule has 7 nitrogen and oxygen atoms in total. The van der Waals surface area contributed by atoms with E-state index in [0.717, 1.165) is 46.2 Å². The molecule has 43 heavy (non-hydrogen) atoms. The van der Waals surface area contributed by atoms with Gasteiger partial charge in [-0.25, -0.2) is 4.99 Å². The van der Waals surface area contributed by atoms with Gasteiger partial charge < -0.3 is 4.42 Å². The summed E-state index contributed by atoms with van der Waals surface area (Å²) in [6.45, 7) is 0. The van der Waals surface area contributed by atoms with Gasteiger partial charge in [0, 0.05) is 29.3 Å². The first-order chi connectivity index (χ1) is 20.7. The third-order valence-electron chi connectivity index (χ3n) is 7.67. The summed E-state index contributed by atoms with van der Waals surface area (Å²) in [6.07, 6.45) is -1.72. The number of allylic oxidation sites excluding steroid dienone is 1. The molecule has 3 heterocycles. The van der Waals surface area contributed by atoms with Crippen LogP contribution in [0.15, 0.2) is 105 Å². The highest BCUT2D eigenvalue weighted by Gasteiger charge is 2.35. The molecule has 11 heteroatoms. The number of furan rings is 1. The SMILES string of the molecule is O=c1/c(=C/c2ccc(-c3ccccc3C(F)(F)F)o2)sc2n1[C@H](c1cccc([N+](=O)[O-])c1)C1=C(N=2)c2ccccc2CC1. The van der Waals surface area contributed by atoms with Crippen LogP contribution in [0, 0.1) is 10.1 Å². The number of aryl methyl sites for hydroxylation is 1. The molecule has 1 atom stereocenters. The van der Waals surface area contributed by atoms with Crippen molar-refractivity contribution < 1.29 is 22.5 Å². The van der Waals surface area contributed by atoms with Crippen LogP contribution in [0.25, 0.3) is 23.1 Å². The number of nitrogens with zero attached hydrogens (tertiary/aromatic N) is 3. The lowest BCUT2D eigenvalue weighted by Gasteiger charge is -2.30. The minimum atomic E-state index is -4.56. The van der Waals surface area contributed by atoms with E-state index < -0.39 is 22.7 Å². The predicted octanol–water partition coefficient (Wildman–Crippen LogP) is 6.51. The predicted molar refractivity (Wildman–Crippen MR) is 155 cm³/mol. The summed E-state index contributed by atoms with van der Waals surface area (Å²) in [7, 11) is 0. The van der Waals surface area contributed by atoms with Gasteiger partial charge in [0.25, 0.3) is 11.2 Å². The molecule has 0 N–H and O–H groups in total. The van der Waals surface area contributed by atoms with E-state index in [2.05, 4.69) is 0 Å². The molecule has 0 saturated heterocycles. The van der Waals surface area contributed by atoms with Crippen molar-refractivity contribution in [2.24, 2.45) is 4.99 Å². The van der Waals surface area contributed by atoms with Gasteiger partial charge in [-0.15, -0.1) is 0 Å². The quantitative estimate of drug-likeness (QED) is 0.174. The Bertz CT molecular complexity index is 2160. The van der Waals surface area contributed by atoms with Gasteiger partial charge in [0.15, 0.2) is 4.80 Å². The number of alkyl halides is 3. The Morgan fingerprint density at radius 1 is 0.977 bits per heavy atom. The second kappa shape index (κ2) is 10.1. The van der Waals surface area contributed by atoms with E-state index in [9.17, 15) is 28.1 Å². The van der Waals surface area contributed by atoms with Gasteiger partial charge in [-0.05, 0) is 47.7 Å². The summed E-state index contributed by atoms with van der Waals surface area (Å²) >= 11 is 1.13. The van der Waals surface area contributed by atoms with E-state index in [1.807, 2.05) is 24.3 Å². The molecule has 214 valence electrons. The lowest BCUT2D eigenvalue weighted by molar-refractivity contribution is -0.384. The highest BCUT2D eigenvalue weighted by molar-refractivity contribution is 7.07. The normalized spacial score (nSPS) is 16.3. The third-order valence-corrected chi connectivity index (χ3v) is 8.65. The first kappa shape index (κ1) is 26.8. The topological polar surface area (TPSA) is 90.6 Å². The maximum atomic E-state index is 13.9. The first-order valence-corrected chi connectivity index (χ1v) is 14.1. The molecule has 0 saturated carbocycles. The average molecular weight is 600 g/mol. The molecule has 7 rings (SSSR count). The molecule has 0 bridgehead atoms. The van der Waals surface area contributed by atoms with Gasteiger partial charge in [0.05, 0.1) is 26.8 Å². The van der Waals surface area contributed by atoms with E-state index >= 15 is 0 Å². The van der Waals surface area contributed by atoms with Crippen molar-refractivity contribution in [2.75, 3.05) is 0 Å². The van der Waals surface area contributed by atoms with Crippen molar-refractivity contribution in [3.05, 3.63) is 148 Å². The number of halogens is 3. The van der Waals surface area contributed by atoms with Gasteiger partial charge in [0.2, 0.25) is 0 Å². The molecule has 0 radical (unpaired) electrons. The Labute approximate surface area is 245 Å². The lowest BCUT2D eigenvalue weighted by Crippen LogP contribution is -2.38. The largest absolute Gasteiger partial charge is 0.457 e. The van der Waals surface area contributed by atoms with Crippen LogP contribution in [0.1, 0.15) is 40.5 Å². The highest BCUT2D eigenvalue weighted by atomic mass is 32.1. The van der Waals surface area contributed by atoms with Crippen molar-refractivity contribution >= 4 is 28.8 Å². The van der Waals surface area contributed by atoms with Gasteiger partial charge >= 0.3 is 6.18 Å². The van der Waals surface area contributed by atoms with Crippen LogP contribution in [0.3, 0.4) is 0 Å². The van der Waals surface area contributed by atoms with Crippen molar-refractivity contribution in [1.29, 1.82) is 0 Å². The molecule has 1 aliphatic heterocycles. The number of benzene rings is 3. The third kappa shape index (κ3) is 4.62. The van der Waals surface area contributed by atoms with Crippen molar-refractivity contribution in [3.63, 3.8) is 0 Å². The zero-order valence-corrected chi connectivity index (χ0v) is 23.0. The molecule has 0 fully saturated rings. The van der Waals surface area contributed by atoms with E-state index in [0.29, 0.717) is 16.8 Å². The molecular weight excluding hydrogens is 579 g/mol. The van der Waals surface area contributed by atoms with Crippen LogP contribution in [0.2, 0.25) is 0 Å². The van der Waals surface area contributed by atoms with Crippen LogP contribution in [-0.2, 0) is 12.6 Å². The first-order valence-electron chi connectivity index (χ1n) is 13.3. The summed E-state index contributed by atoms with van der Waals surface area (Å²) in [5.74, 6) is 0.228. The van der Waals surface area contributed by atoms with E-state index in [1.165, 1.54) is 48.5 Å². The number of fused-ring (bicyclic) bond motifs is 3. The summed E-state index contributed by atoms with van der Waals surface area (Å²) in [6, 6.07) is 21.6. The highest BCUT2D eigenvalue weighted by Crippen LogP contribution is 2.42. The monoisotopic (exact) mass is 599 g/mol. The molecule has 3 aromatic carbocycles. The Kier molecular flexibility index (Phi) is 6.28. The van der Waals surface area contributed by atoms with Crippen LogP contribution < -0.4 is 14.9 Å². The Morgan fingerprint density at radius 3 is 2.53 bits per heavy atom. The van der Waals surface area contributed by atoms with Crippen LogP contribution in [0.5, 0.6) is 0 Å².